The number of amides is 4. The molecule has 4 amide bonds. The molecular formula is C24H31FN4O2. The summed E-state index contributed by atoms with van der Waals surface area (Å²) in [6, 6.07) is 13.4. The Kier molecular flexibility index (Phi) is 8.27. The second-order valence-electron chi connectivity index (χ2n) is 8.28. The quantitative estimate of drug-likeness (QED) is 0.523. The van der Waals surface area contributed by atoms with Crippen molar-refractivity contribution in [3.05, 3.63) is 65.5 Å². The summed E-state index contributed by atoms with van der Waals surface area (Å²) in [5.41, 5.74) is 2.80. The van der Waals surface area contributed by atoms with E-state index in [1.54, 1.807) is 12.1 Å². The van der Waals surface area contributed by atoms with Gasteiger partial charge in [0.25, 0.3) is 0 Å². The van der Waals surface area contributed by atoms with Gasteiger partial charge in [-0.05, 0) is 74.3 Å². The van der Waals surface area contributed by atoms with E-state index in [0.29, 0.717) is 31.5 Å². The van der Waals surface area contributed by atoms with E-state index in [2.05, 4.69) is 21.3 Å². The third-order valence-electron chi connectivity index (χ3n) is 5.74. The van der Waals surface area contributed by atoms with Gasteiger partial charge in [-0.3, -0.25) is 0 Å². The van der Waals surface area contributed by atoms with Crippen molar-refractivity contribution in [3.8, 4) is 0 Å². The topological polar surface area (TPSA) is 82.3 Å². The highest BCUT2D eigenvalue weighted by molar-refractivity contribution is 5.89. The lowest BCUT2D eigenvalue weighted by atomic mass is 9.82. The van der Waals surface area contributed by atoms with Crippen LogP contribution in [0.5, 0.6) is 0 Å². The van der Waals surface area contributed by atoms with E-state index < -0.39 is 0 Å². The predicted octanol–water partition coefficient (Wildman–Crippen LogP) is 4.56. The minimum absolute atomic E-state index is 0.175. The molecule has 4 N–H and O–H groups in total. The SMILES string of the molecule is Cc1ccc(NC(=O)NCC2CCC(CNC(=O)NCc3ccc(F)cc3)CC2)cc1. The third-order valence-corrected chi connectivity index (χ3v) is 5.74. The van der Waals surface area contributed by atoms with Crippen LogP contribution in [0.3, 0.4) is 0 Å². The fourth-order valence-corrected chi connectivity index (χ4v) is 3.77. The van der Waals surface area contributed by atoms with Crippen molar-refractivity contribution >= 4 is 17.7 Å². The van der Waals surface area contributed by atoms with E-state index in [-0.39, 0.29) is 17.9 Å². The van der Waals surface area contributed by atoms with Crippen LogP contribution in [0, 0.1) is 24.6 Å². The predicted molar refractivity (Wildman–Crippen MR) is 120 cm³/mol. The molecule has 3 rings (SSSR count). The fourth-order valence-electron chi connectivity index (χ4n) is 3.77. The first-order valence-corrected chi connectivity index (χ1v) is 10.9. The first-order valence-electron chi connectivity index (χ1n) is 10.9. The Morgan fingerprint density at radius 2 is 1.35 bits per heavy atom. The van der Waals surface area contributed by atoms with Gasteiger partial charge in [0.15, 0.2) is 0 Å². The van der Waals surface area contributed by atoms with Crippen molar-refractivity contribution in [1.29, 1.82) is 0 Å². The van der Waals surface area contributed by atoms with Gasteiger partial charge in [0, 0.05) is 25.3 Å². The van der Waals surface area contributed by atoms with Crippen LogP contribution >= 0.6 is 0 Å². The Balaban J connectivity index is 1.27. The molecule has 2 aromatic carbocycles. The van der Waals surface area contributed by atoms with Crippen molar-refractivity contribution in [2.75, 3.05) is 18.4 Å². The average molecular weight is 427 g/mol. The van der Waals surface area contributed by atoms with Gasteiger partial charge in [0.05, 0.1) is 0 Å². The Bertz CT molecular complexity index is 847. The van der Waals surface area contributed by atoms with Crippen molar-refractivity contribution in [1.82, 2.24) is 16.0 Å². The Labute approximate surface area is 183 Å². The number of hydrogen-bond acceptors (Lipinski definition) is 2. The maximum absolute atomic E-state index is 12.9. The molecular weight excluding hydrogens is 395 g/mol. The first kappa shape index (κ1) is 22.6. The van der Waals surface area contributed by atoms with Gasteiger partial charge in [0.1, 0.15) is 5.82 Å². The van der Waals surface area contributed by atoms with E-state index >= 15 is 0 Å². The Morgan fingerprint density at radius 1 is 0.806 bits per heavy atom. The van der Waals surface area contributed by atoms with Crippen molar-refractivity contribution in [2.24, 2.45) is 11.8 Å². The van der Waals surface area contributed by atoms with Gasteiger partial charge in [0.2, 0.25) is 0 Å². The number of aryl methyl sites for hydroxylation is 1. The van der Waals surface area contributed by atoms with E-state index in [9.17, 15) is 14.0 Å². The van der Waals surface area contributed by atoms with Crippen LogP contribution in [0.1, 0.15) is 36.8 Å². The summed E-state index contributed by atoms with van der Waals surface area (Å²) >= 11 is 0. The fraction of sp³-hybridized carbons (Fsp3) is 0.417. The van der Waals surface area contributed by atoms with Crippen LogP contribution < -0.4 is 21.3 Å². The number of nitrogens with one attached hydrogen (secondary N) is 4. The van der Waals surface area contributed by atoms with Crippen LogP contribution in [0.15, 0.2) is 48.5 Å². The standard InChI is InChI=1S/C24H31FN4O2/c1-17-2-12-22(13-3-17)29-24(31)28-16-19-6-4-18(5-7-19)14-26-23(30)27-15-20-8-10-21(25)11-9-20/h2-3,8-13,18-19H,4-7,14-16H2,1H3,(H2,26,27,30)(H2,28,29,31). The summed E-state index contributed by atoms with van der Waals surface area (Å²) in [5, 5.41) is 11.5. The molecule has 0 atom stereocenters. The summed E-state index contributed by atoms with van der Waals surface area (Å²) in [4.78, 5) is 24.1. The summed E-state index contributed by atoms with van der Waals surface area (Å²) in [5.74, 6) is 0.632. The third kappa shape index (κ3) is 7.92. The molecule has 166 valence electrons. The second kappa shape index (κ2) is 11.3. The lowest BCUT2D eigenvalue weighted by molar-refractivity contribution is 0.227. The molecule has 1 fully saturated rings. The molecule has 1 aliphatic carbocycles. The number of carbonyl (C=O) groups is 2. The Hall–Kier alpha value is -3.09. The van der Waals surface area contributed by atoms with Gasteiger partial charge in [-0.25, -0.2) is 14.0 Å². The number of carbonyl (C=O) groups excluding carboxylic acids is 2. The maximum Gasteiger partial charge on any atom is 0.319 e. The molecule has 0 aromatic heterocycles. The molecule has 0 unspecified atom stereocenters. The van der Waals surface area contributed by atoms with Gasteiger partial charge >= 0.3 is 12.1 Å². The molecule has 0 heterocycles. The highest BCUT2D eigenvalue weighted by Crippen LogP contribution is 2.28. The van der Waals surface area contributed by atoms with E-state index in [4.69, 9.17) is 0 Å². The zero-order valence-corrected chi connectivity index (χ0v) is 17.9. The maximum atomic E-state index is 12.9. The minimum Gasteiger partial charge on any atom is -0.338 e. The lowest BCUT2D eigenvalue weighted by Crippen LogP contribution is -2.39. The molecule has 7 heteroatoms. The molecule has 0 spiro atoms. The number of benzene rings is 2. The first-order chi connectivity index (χ1) is 15.0. The molecule has 31 heavy (non-hydrogen) atoms. The average Bonchev–Trinajstić information content (AvgIpc) is 2.78. The van der Waals surface area contributed by atoms with Crippen LogP contribution in [-0.2, 0) is 6.54 Å². The summed E-state index contributed by atoms with van der Waals surface area (Å²) in [6.45, 7) is 3.69. The van der Waals surface area contributed by atoms with Gasteiger partial charge in [-0.2, -0.15) is 0 Å². The summed E-state index contributed by atoms with van der Waals surface area (Å²) in [7, 11) is 0. The molecule has 6 nitrogen and oxygen atoms in total. The molecule has 0 saturated heterocycles. The number of rotatable bonds is 7. The van der Waals surface area contributed by atoms with E-state index in [1.165, 1.54) is 12.1 Å². The molecule has 0 radical (unpaired) electrons. The number of hydrogen-bond donors (Lipinski definition) is 4. The highest BCUT2D eigenvalue weighted by Gasteiger charge is 2.22. The normalized spacial score (nSPS) is 18.1. The highest BCUT2D eigenvalue weighted by atomic mass is 19.1. The van der Waals surface area contributed by atoms with Crippen LogP contribution in [0.2, 0.25) is 0 Å². The van der Waals surface area contributed by atoms with Crippen molar-refractivity contribution < 1.29 is 14.0 Å². The molecule has 2 aromatic rings. The van der Waals surface area contributed by atoms with E-state index in [0.717, 1.165) is 42.5 Å². The lowest BCUT2D eigenvalue weighted by Gasteiger charge is -2.28. The second-order valence-corrected chi connectivity index (χ2v) is 8.28. The number of urea groups is 2. The zero-order valence-electron chi connectivity index (χ0n) is 17.9. The zero-order chi connectivity index (χ0) is 22.1. The molecule has 1 aliphatic rings. The van der Waals surface area contributed by atoms with Crippen molar-refractivity contribution in [3.63, 3.8) is 0 Å². The Morgan fingerprint density at radius 3 is 1.94 bits per heavy atom. The molecule has 1 saturated carbocycles. The van der Waals surface area contributed by atoms with E-state index in [1.807, 2.05) is 31.2 Å². The van der Waals surface area contributed by atoms with Crippen molar-refractivity contribution in [2.45, 2.75) is 39.2 Å². The monoisotopic (exact) mass is 426 g/mol. The van der Waals surface area contributed by atoms with Gasteiger partial charge in [-0.1, -0.05) is 29.8 Å². The van der Waals surface area contributed by atoms with Gasteiger partial charge in [-0.15, -0.1) is 0 Å². The minimum atomic E-state index is -0.286. The number of anilines is 1. The largest absolute Gasteiger partial charge is 0.338 e. The van der Waals surface area contributed by atoms with Crippen LogP contribution in [0.25, 0.3) is 0 Å². The van der Waals surface area contributed by atoms with Gasteiger partial charge < -0.3 is 21.3 Å². The number of halogens is 1. The van der Waals surface area contributed by atoms with Crippen LogP contribution in [0.4, 0.5) is 19.7 Å². The summed E-state index contributed by atoms with van der Waals surface area (Å²) < 4.78 is 12.9. The van der Waals surface area contributed by atoms with Crippen LogP contribution in [-0.4, -0.2) is 25.2 Å². The molecule has 0 bridgehead atoms. The smallest absolute Gasteiger partial charge is 0.319 e. The summed E-state index contributed by atoms with van der Waals surface area (Å²) in [6.07, 6.45) is 4.14. The molecule has 0 aliphatic heterocycles.